The third kappa shape index (κ3) is 3.48. The molecule has 4 rings (SSSR count). The lowest BCUT2D eigenvalue weighted by Crippen LogP contribution is -2.22. The Bertz CT molecular complexity index is 1140. The molecule has 136 valence electrons. The second kappa shape index (κ2) is 7.54. The maximum atomic E-state index is 12.7. The summed E-state index contributed by atoms with van der Waals surface area (Å²) in [6, 6.07) is 17.5. The summed E-state index contributed by atoms with van der Waals surface area (Å²) in [5.74, 6) is 0.263. The molecule has 2 heterocycles. The Morgan fingerprint density at radius 2 is 1.93 bits per heavy atom. The molecule has 27 heavy (non-hydrogen) atoms. The Hall–Kier alpha value is -2.64. The van der Waals surface area contributed by atoms with Crippen LogP contribution in [0.25, 0.3) is 10.1 Å². The average molecular weight is 396 g/mol. The largest absolute Gasteiger partial charge is 0.344 e. The van der Waals surface area contributed by atoms with Crippen molar-refractivity contribution in [3.63, 3.8) is 0 Å². The first-order chi connectivity index (χ1) is 13.1. The zero-order chi connectivity index (χ0) is 18.8. The number of aromatic nitrogens is 3. The highest BCUT2D eigenvalue weighted by atomic mass is 32.2. The van der Waals surface area contributed by atoms with Crippen LogP contribution in [0, 0.1) is 0 Å². The number of thioether (sulfide) groups is 1. The summed E-state index contributed by atoms with van der Waals surface area (Å²) in [6.45, 7) is 1.95. The van der Waals surface area contributed by atoms with Gasteiger partial charge in [0.05, 0.1) is 11.8 Å². The van der Waals surface area contributed by atoms with Gasteiger partial charge in [-0.3, -0.25) is 9.36 Å². The van der Waals surface area contributed by atoms with Gasteiger partial charge in [-0.05, 0) is 18.6 Å². The summed E-state index contributed by atoms with van der Waals surface area (Å²) in [6.07, 6.45) is 0. The molecule has 0 saturated carbocycles. The van der Waals surface area contributed by atoms with E-state index in [1.165, 1.54) is 11.8 Å². The minimum absolute atomic E-state index is 0.0341. The third-order valence-electron chi connectivity index (χ3n) is 4.46. The number of hydrogen-bond donors (Lipinski definition) is 1. The number of fused-ring (bicyclic) bond motifs is 1. The Balaban J connectivity index is 1.56. The van der Waals surface area contributed by atoms with Crippen LogP contribution >= 0.6 is 23.1 Å². The van der Waals surface area contributed by atoms with Gasteiger partial charge in [0.15, 0.2) is 10.9 Å². The average Bonchev–Trinajstić information content (AvgIpc) is 3.30. The fraction of sp³-hybridized carbons (Fsp3) is 0.150. The molecule has 4 aromatic rings. The monoisotopic (exact) mass is 395 g/mol. The van der Waals surface area contributed by atoms with Gasteiger partial charge >= 0.3 is 5.69 Å². The molecule has 0 fully saturated rings. The first kappa shape index (κ1) is 17.8. The predicted octanol–water partition coefficient (Wildman–Crippen LogP) is 4.37. The van der Waals surface area contributed by atoms with Crippen LogP contribution in [0.4, 0.5) is 0 Å². The first-order valence-electron chi connectivity index (χ1n) is 8.49. The number of ketones is 1. The lowest BCUT2D eigenvalue weighted by molar-refractivity contribution is 0.102. The van der Waals surface area contributed by atoms with Crippen molar-refractivity contribution >= 4 is 39.0 Å². The fourth-order valence-electron chi connectivity index (χ4n) is 3.02. The number of thiophene rings is 1. The molecule has 0 amide bonds. The van der Waals surface area contributed by atoms with E-state index in [0.29, 0.717) is 5.16 Å². The highest BCUT2D eigenvalue weighted by Crippen LogP contribution is 2.28. The zero-order valence-electron chi connectivity index (χ0n) is 14.6. The Morgan fingerprint density at radius 3 is 2.74 bits per heavy atom. The van der Waals surface area contributed by atoms with E-state index in [-0.39, 0.29) is 23.3 Å². The molecule has 7 heteroatoms. The van der Waals surface area contributed by atoms with E-state index in [1.807, 2.05) is 66.9 Å². The highest BCUT2D eigenvalue weighted by molar-refractivity contribution is 7.99. The molecule has 0 aliphatic rings. The van der Waals surface area contributed by atoms with Crippen molar-refractivity contribution < 1.29 is 4.79 Å². The van der Waals surface area contributed by atoms with Crippen molar-refractivity contribution in [3.05, 3.63) is 81.6 Å². The van der Waals surface area contributed by atoms with E-state index >= 15 is 0 Å². The second-order valence-corrected chi connectivity index (χ2v) is 7.98. The molecular weight excluding hydrogens is 378 g/mol. The standard InChI is InChI=1S/C20H17N3O2S2/c1-13(14-7-3-2-4-8-14)23-19(25)21-22-20(23)27-12-17(24)16-11-26-18-10-6-5-9-15(16)18/h2-11,13H,12H2,1H3,(H,21,25)/t13-/m1/s1. The van der Waals surface area contributed by atoms with Gasteiger partial charge in [-0.2, -0.15) is 0 Å². The molecule has 1 atom stereocenters. The minimum Gasteiger partial charge on any atom is -0.293 e. The molecule has 0 aliphatic heterocycles. The zero-order valence-corrected chi connectivity index (χ0v) is 16.2. The van der Waals surface area contributed by atoms with Crippen molar-refractivity contribution in [1.29, 1.82) is 0 Å². The van der Waals surface area contributed by atoms with Gasteiger partial charge < -0.3 is 0 Å². The van der Waals surface area contributed by atoms with Gasteiger partial charge in [0.2, 0.25) is 0 Å². The molecule has 0 saturated heterocycles. The highest BCUT2D eigenvalue weighted by Gasteiger charge is 2.19. The van der Waals surface area contributed by atoms with Crippen LogP contribution in [0.1, 0.15) is 28.9 Å². The number of Topliss-reactive ketones (excluding diaryl/α,β-unsaturated/α-hetero) is 1. The van der Waals surface area contributed by atoms with Crippen LogP contribution in [0.5, 0.6) is 0 Å². The van der Waals surface area contributed by atoms with E-state index < -0.39 is 0 Å². The van der Waals surface area contributed by atoms with Crippen molar-refractivity contribution in [2.45, 2.75) is 18.1 Å². The van der Waals surface area contributed by atoms with E-state index in [4.69, 9.17) is 0 Å². The van der Waals surface area contributed by atoms with Gasteiger partial charge in [-0.1, -0.05) is 60.3 Å². The molecule has 0 spiro atoms. The SMILES string of the molecule is C[C@H](c1ccccc1)n1c(SCC(=O)c2csc3ccccc23)n[nH]c1=O. The summed E-state index contributed by atoms with van der Waals surface area (Å²) in [7, 11) is 0. The maximum absolute atomic E-state index is 12.7. The number of H-pyrrole nitrogens is 1. The number of benzene rings is 2. The van der Waals surface area contributed by atoms with Crippen LogP contribution in [0.2, 0.25) is 0 Å². The Morgan fingerprint density at radius 1 is 1.19 bits per heavy atom. The number of nitrogens with one attached hydrogen (secondary N) is 1. The Kier molecular flexibility index (Phi) is 4.96. The van der Waals surface area contributed by atoms with Crippen molar-refractivity contribution in [3.8, 4) is 0 Å². The van der Waals surface area contributed by atoms with E-state index in [2.05, 4.69) is 10.2 Å². The van der Waals surface area contributed by atoms with Gasteiger partial charge in [-0.15, -0.1) is 16.4 Å². The smallest absolute Gasteiger partial charge is 0.293 e. The molecule has 0 bridgehead atoms. The van der Waals surface area contributed by atoms with Crippen molar-refractivity contribution in [2.75, 3.05) is 5.75 Å². The van der Waals surface area contributed by atoms with Crippen LogP contribution in [-0.2, 0) is 0 Å². The molecule has 2 aromatic heterocycles. The van der Waals surface area contributed by atoms with Gasteiger partial charge in [0.25, 0.3) is 0 Å². The molecule has 5 nitrogen and oxygen atoms in total. The molecule has 0 aliphatic carbocycles. The second-order valence-electron chi connectivity index (χ2n) is 6.13. The lowest BCUT2D eigenvalue weighted by Gasteiger charge is -2.14. The van der Waals surface area contributed by atoms with Gasteiger partial charge in [0, 0.05) is 21.0 Å². The number of rotatable bonds is 6. The van der Waals surface area contributed by atoms with Crippen molar-refractivity contribution in [2.24, 2.45) is 0 Å². The number of hydrogen-bond acceptors (Lipinski definition) is 5. The summed E-state index contributed by atoms with van der Waals surface area (Å²) in [4.78, 5) is 25.0. The topological polar surface area (TPSA) is 67.8 Å². The van der Waals surface area contributed by atoms with Gasteiger partial charge in [-0.25, -0.2) is 9.89 Å². The molecule has 1 N–H and O–H groups in total. The quantitative estimate of drug-likeness (QED) is 0.389. The predicted molar refractivity (Wildman–Crippen MR) is 110 cm³/mol. The summed E-state index contributed by atoms with van der Waals surface area (Å²) >= 11 is 2.85. The lowest BCUT2D eigenvalue weighted by atomic mass is 10.1. The Labute approximate surface area is 164 Å². The number of carbonyl (C=O) groups is 1. The number of carbonyl (C=O) groups excluding carboxylic acids is 1. The summed E-state index contributed by atoms with van der Waals surface area (Å²) in [5.41, 5.74) is 1.46. The van der Waals surface area contributed by atoms with E-state index in [9.17, 15) is 9.59 Å². The molecule has 0 radical (unpaired) electrons. The summed E-state index contributed by atoms with van der Waals surface area (Å²) in [5, 5.41) is 10.0. The normalized spacial score (nSPS) is 12.3. The maximum Gasteiger partial charge on any atom is 0.344 e. The minimum atomic E-state index is -0.276. The first-order valence-corrected chi connectivity index (χ1v) is 10.4. The van der Waals surface area contributed by atoms with E-state index in [1.54, 1.807) is 15.9 Å². The molecule has 0 unspecified atom stereocenters. The van der Waals surface area contributed by atoms with Crippen LogP contribution in [0.3, 0.4) is 0 Å². The third-order valence-corrected chi connectivity index (χ3v) is 6.37. The number of nitrogens with zero attached hydrogens (tertiary/aromatic N) is 2. The summed E-state index contributed by atoms with van der Waals surface area (Å²) < 4.78 is 2.69. The molecule has 2 aromatic carbocycles. The van der Waals surface area contributed by atoms with Crippen molar-refractivity contribution in [1.82, 2.24) is 14.8 Å². The van der Waals surface area contributed by atoms with Crippen LogP contribution in [0.15, 0.2) is 69.9 Å². The van der Waals surface area contributed by atoms with Crippen LogP contribution < -0.4 is 5.69 Å². The number of aromatic amines is 1. The molecular formula is C20H17N3O2S2. The fourth-order valence-corrected chi connectivity index (χ4v) is 4.89. The van der Waals surface area contributed by atoms with Crippen LogP contribution in [-0.4, -0.2) is 26.3 Å². The van der Waals surface area contributed by atoms with Gasteiger partial charge in [0.1, 0.15) is 0 Å². The van der Waals surface area contributed by atoms with E-state index in [0.717, 1.165) is 21.2 Å².